The number of ether oxygens (including phenoxy) is 1. The van der Waals surface area contributed by atoms with Gasteiger partial charge in [-0.15, -0.1) is 0 Å². The minimum absolute atomic E-state index is 0.345. The van der Waals surface area contributed by atoms with Gasteiger partial charge in [0.25, 0.3) is 0 Å². The van der Waals surface area contributed by atoms with Gasteiger partial charge in [-0.3, -0.25) is 0 Å². The summed E-state index contributed by atoms with van der Waals surface area (Å²) >= 11 is 0. The number of benzene rings is 1. The van der Waals surface area contributed by atoms with E-state index in [4.69, 9.17) is 4.74 Å². The van der Waals surface area contributed by atoms with Gasteiger partial charge < -0.3 is 15.0 Å². The Kier molecular flexibility index (Phi) is 4.61. The van der Waals surface area contributed by atoms with Gasteiger partial charge in [0.05, 0.1) is 6.61 Å². The third-order valence-electron chi connectivity index (χ3n) is 3.34. The molecule has 18 heavy (non-hydrogen) atoms. The topological polar surface area (TPSA) is 24.5 Å². The van der Waals surface area contributed by atoms with Gasteiger partial charge in [0.1, 0.15) is 5.75 Å². The molecule has 1 atom stereocenters. The fourth-order valence-electron chi connectivity index (χ4n) is 2.57. The second kappa shape index (κ2) is 6.21. The minimum atomic E-state index is 0.345. The van der Waals surface area contributed by atoms with E-state index in [1.54, 1.807) is 0 Å². The predicted molar refractivity (Wildman–Crippen MR) is 75.2 cm³/mol. The zero-order valence-electron chi connectivity index (χ0n) is 11.7. The Balaban J connectivity index is 2.28. The van der Waals surface area contributed by atoms with Crippen LogP contribution in [-0.4, -0.2) is 38.7 Å². The third kappa shape index (κ3) is 3.03. The zero-order valence-corrected chi connectivity index (χ0v) is 11.7. The highest BCUT2D eigenvalue weighted by atomic mass is 16.5. The highest BCUT2D eigenvalue weighted by Gasteiger charge is 2.20. The van der Waals surface area contributed by atoms with Crippen molar-refractivity contribution in [1.82, 2.24) is 10.2 Å². The fraction of sp³-hybridized carbons (Fsp3) is 0.600. The quantitative estimate of drug-likeness (QED) is 0.865. The Bertz CT molecular complexity index is 390. The van der Waals surface area contributed by atoms with Crippen molar-refractivity contribution < 1.29 is 4.74 Å². The Labute approximate surface area is 110 Å². The Morgan fingerprint density at radius 1 is 1.39 bits per heavy atom. The lowest BCUT2D eigenvalue weighted by Crippen LogP contribution is -2.31. The number of likely N-dealkylation sites (N-methyl/N-ethyl adjacent to an activating group) is 2. The normalized spacial score (nSPS) is 16.2. The van der Waals surface area contributed by atoms with Crippen molar-refractivity contribution in [1.29, 1.82) is 0 Å². The molecule has 0 aromatic heterocycles. The molecule has 0 saturated heterocycles. The molecule has 1 unspecified atom stereocenters. The van der Waals surface area contributed by atoms with Crippen LogP contribution in [0.4, 0.5) is 0 Å². The van der Waals surface area contributed by atoms with E-state index < -0.39 is 0 Å². The predicted octanol–water partition coefficient (Wildman–Crippen LogP) is 2.22. The maximum absolute atomic E-state index is 5.90. The van der Waals surface area contributed by atoms with Gasteiger partial charge in [-0.1, -0.05) is 25.1 Å². The van der Waals surface area contributed by atoms with Gasteiger partial charge in [-0.05, 0) is 39.0 Å². The summed E-state index contributed by atoms with van der Waals surface area (Å²) in [4.78, 5) is 2.22. The van der Waals surface area contributed by atoms with Crippen molar-refractivity contribution in [3.05, 3.63) is 29.3 Å². The van der Waals surface area contributed by atoms with E-state index in [1.165, 1.54) is 11.1 Å². The number of fused-ring (bicyclic) bond motifs is 1. The molecule has 0 bridgehead atoms. The number of rotatable bonds is 5. The van der Waals surface area contributed by atoms with Crippen molar-refractivity contribution >= 4 is 0 Å². The Hall–Kier alpha value is -1.06. The molecule has 1 aliphatic heterocycles. The molecule has 3 heteroatoms. The Morgan fingerprint density at radius 3 is 2.94 bits per heavy atom. The molecule has 100 valence electrons. The number of nitrogens with one attached hydrogen (secondary N) is 1. The second-order valence-electron chi connectivity index (χ2n) is 5.16. The number of para-hydroxylation sites is 1. The molecule has 3 nitrogen and oxygen atoms in total. The zero-order chi connectivity index (χ0) is 13.0. The molecule has 1 N–H and O–H groups in total. The summed E-state index contributed by atoms with van der Waals surface area (Å²) in [6, 6.07) is 6.89. The van der Waals surface area contributed by atoms with Crippen LogP contribution in [0.5, 0.6) is 5.75 Å². The molecule has 0 radical (unpaired) electrons. The van der Waals surface area contributed by atoms with Crippen LogP contribution in [0.3, 0.4) is 0 Å². The fourth-order valence-corrected chi connectivity index (χ4v) is 2.57. The Morgan fingerprint density at radius 2 is 2.22 bits per heavy atom. The van der Waals surface area contributed by atoms with Gasteiger partial charge in [0.15, 0.2) is 0 Å². The van der Waals surface area contributed by atoms with E-state index in [1.807, 2.05) is 0 Å². The molecule has 0 fully saturated rings. The average molecular weight is 248 g/mol. The van der Waals surface area contributed by atoms with Crippen molar-refractivity contribution in [3.8, 4) is 5.75 Å². The van der Waals surface area contributed by atoms with Crippen LogP contribution < -0.4 is 10.1 Å². The SMILES string of the molecule is CCNC(CN(C)C)c1cccc2c1OCCC2. The highest BCUT2D eigenvalue weighted by molar-refractivity contribution is 5.44. The maximum Gasteiger partial charge on any atom is 0.127 e. The van der Waals surface area contributed by atoms with Crippen molar-refractivity contribution in [3.63, 3.8) is 0 Å². The first kappa shape index (κ1) is 13.4. The van der Waals surface area contributed by atoms with Crippen molar-refractivity contribution in [2.45, 2.75) is 25.8 Å². The highest BCUT2D eigenvalue weighted by Crippen LogP contribution is 2.33. The van der Waals surface area contributed by atoms with E-state index >= 15 is 0 Å². The molecule has 0 spiro atoms. The molecule has 0 amide bonds. The van der Waals surface area contributed by atoms with E-state index in [9.17, 15) is 0 Å². The van der Waals surface area contributed by atoms with Crippen LogP contribution in [-0.2, 0) is 6.42 Å². The van der Waals surface area contributed by atoms with Crippen LogP contribution in [0.1, 0.15) is 30.5 Å². The van der Waals surface area contributed by atoms with Gasteiger partial charge in [0.2, 0.25) is 0 Å². The summed E-state index contributed by atoms with van der Waals surface area (Å²) in [7, 11) is 4.22. The lowest BCUT2D eigenvalue weighted by Gasteiger charge is -2.27. The van der Waals surface area contributed by atoms with Crippen molar-refractivity contribution in [2.75, 3.05) is 33.8 Å². The van der Waals surface area contributed by atoms with Crippen LogP contribution in [0, 0.1) is 0 Å². The van der Waals surface area contributed by atoms with Crippen LogP contribution >= 0.6 is 0 Å². The number of nitrogens with zero attached hydrogens (tertiary/aromatic N) is 1. The largest absolute Gasteiger partial charge is 0.493 e. The molecular weight excluding hydrogens is 224 g/mol. The first-order valence-corrected chi connectivity index (χ1v) is 6.85. The summed E-state index contributed by atoms with van der Waals surface area (Å²) in [6.45, 7) is 4.97. The van der Waals surface area contributed by atoms with Gasteiger partial charge in [-0.25, -0.2) is 0 Å². The maximum atomic E-state index is 5.90. The van der Waals surface area contributed by atoms with E-state index in [2.05, 4.69) is 49.4 Å². The number of aryl methyl sites for hydroxylation is 1. The second-order valence-corrected chi connectivity index (χ2v) is 5.16. The lowest BCUT2D eigenvalue weighted by molar-refractivity contribution is 0.275. The molecule has 1 aromatic rings. The molecular formula is C15H24N2O. The smallest absolute Gasteiger partial charge is 0.127 e. The summed E-state index contributed by atoms with van der Waals surface area (Å²) in [6.07, 6.45) is 2.28. The summed E-state index contributed by atoms with van der Waals surface area (Å²) in [5.41, 5.74) is 2.67. The van der Waals surface area contributed by atoms with Gasteiger partial charge in [0, 0.05) is 18.2 Å². The van der Waals surface area contributed by atoms with Crippen LogP contribution in [0.2, 0.25) is 0 Å². The van der Waals surface area contributed by atoms with Gasteiger partial charge in [-0.2, -0.15) is 0 Å². The van der Waals surface area contributed by atoms with Crippen molar-refractivity contribution in [2.24, 2.45) is 0 Å². The van der Waals surface area contributed by atoms with E-state index in [0.717, 1.165) is 38.3 Å². The summed E-state index contributed by atoms with van der Waals surface area (Å²) in [5, 5.41) is 3.56. The van der Waals surface area contributed by atoms with Crippen LogP contribution in [0.25, 0.3) is 0 Å². The summed E-state index contributed by atoms with van der Waals surface area (Å²) in [5.74, 6) is 1.12. The molecule has 2 rings (SSSR count). The van der Waals surface area contributed by atoms with Gasteiger partial charge >= 0.3 is 0 Å². The van der Waals surface area contributed by atoms with E-state index in [-0.39, 0.29) is 0 Å². The first-order valence-electron chi connectivity index (χ1n) is 6.85. The lowest BCUT2D eigenvalue weighted by atomic mass is 9.97. The molecule has 1 heterocycles. The summed E-state index contributed by atoms with van der Waals surface area (Å²) < 4.78 is 5.90. The third-order valence-corrected chi connectivity index (χ3v) is 3.34. The molecule has 1 aliphatic rings. The minimum Gasteiger partial charge on any atom is -0.493 e. The molecule has 0 saturated carbocycles. The average Bonchev–Trinajstić information content (AvgIpc) is 2.37. The first-order chi connectivity index (χ1) is 8.72. The van der Waals surface area contributed by atoms with E-state index in [0.29, 0.717) is 6.04 Å². The monoisotopic (exact) mass is 248 g/mol. The van der Waals surface area contributed by atoms with Crippen LogP contribution in [0.15, 0.2) is 18.2 Å². The molecule has 1 aromatic carbocycles. The number of hydrogen-bond acceptors (Lipinski definition) is 3. The number of hydrogen-bond donors (Lipinski definition) is 1. The molecule has 0 aliphatic carbocycles. The standard InChI is InChI=1S/C15H24N2O/c1-4-16-14(11-17(2)3)13-9-5-7-12-8-6-10-18-15(12)13/h5,7,9,14,16H,4,6,8,10-11H2,1-3H3.